The van der Waals surface area contributed by atoms with E-state index in [1.54, 1.807) is 6.92 Å². The van der Waals surface area contributed by atoms with Crippen LogP contribution in [0, 0.1) is 13.8 Å². The first-order valence-electron chi connectivity index (χ1n) is 5.81. The first kappa shape index (κ1) is 11.6. The van der Waals surface area contributed by atoms with Gasteiger partial charge >= 0.3 is 0 Å². The molecule has 0 spiro atoms. The number of benzene rings is 1. The number of rotatable bonds is 3. The highest BCUT2D eigenvalue weighted by atomic mass is 16.1. The Morgan fingerprint density at radius 3 is 2.47 bits per heavy atom. The fraction of sp³-hybridized carbons (Fsp3) is 0.267. The Morgan fingerprint density at radius 2 is 1.88 bits per heavy atom. The van der Waals surface area contributed by atoms with Gasteiger partial charge in [-0.15, -0.1) is 0 Å². The van der Waals surface area contributed by atoms with Crippen molar-refractivity contribution in [2.24, 2.45) is 0 Å². The fourth-order valence-electron chi connectivity index (χ4n) is 2.07. The maximum absolute atomic E-state index is 11.4. The number of hydrogen-bond acceptors (Lipinski definition) is 1. The van der Waals surface area contributed by atoms with Crippen LogP contribution >= 0.6 is 0 Å². The van der Waals surface area contributed by atoms with Gasteiger partial charge < -0.3 is 4.57 Å². The number of aromatic nitrogens is 1. The second-order valence-corrected chi connectivity index (χ2v) is 4.43. The Balaban J connectivity index is 2.31. The smallest absolute Gasteiger partial charge is 0.161 e. The maximum Gasteiger partial charge on any atom is 0.161 e. The molecule has 2 nitrogen and oxygen atoms in total. The van der Waals surface area contributed by atoms with Crippen LogP contribution in [0.25, 0.3) is 0 Å². The number of ketones is 1. The van der Waals surface area contributed by atoms with Crippen LogP contribution in [-0.4, -0.2) is 10.4 Å². The minimum Gasteiger partial charge on any atom is -0.347 e. The van der Waals surface area contributed by atoms with E-state index in [1.807, 2.05) is 31.3 Å². The Morgan fingerprint density at radius 1 is 1.18 bits per heavy atom. The third-order valence-corrected chi connectivity index (χ3v) is 3.22. The Bertz CT molecular complexity index is 552. The highest BCUT2D eigenvalue weighted by molar-refractivity contribution is 5.95. The van der Waals surface area contributed by atoms with Gasteiger partial charge in [0.2, 0.25) is 0 Å². The van der Waals surface area contributed by atoms with E-state index in [4.69, 9.17) is 0 Å². The van der Waals surface area contributed by atoms with Crippen LogP contribution in [-0.2, 0) is 6.54 Å². The van der Waals surface area contributed by atoms with E-state index in [0.29, 0.717) is 0 Å². The number of hydrogen-bond donors (Lipinski definition) is 0. The second kappa shape index (κ2) is 4.58. The van der Waals surface area contributed by atoms with Gasteiger partial charge in [-0.3, -0.25) is 4.79 Å². The lowest BCUT2D eigenvalue weighted by molar-refractivity contribution is 0.101. The highest BCUT2D eigenvalue weighted by Gasteiger charge is 2.09. The molecule has 2 rings (SSSR count). The quantitative estimate of drug-likeness (QED) is 0.737. The van der Waals surface area contributed by atoms with Crippen LogP contribution in [0.3, 0.4) is 0 Å². The summed E-state index contributed by atoms with van der Waals surface area (Å²) in [5.74, 6) is 0.131. The molecular formula is C15H17NO. The predicted octanol–water partition coefficient (Wildman–Crippen LogP) is 3.36. The van der Waals surface area contributed by atoms with Crippen molar-refractivity contribution in [3.8, 4) is 0 Å². The van der Waals surface area contributed by atoms with E-state index in [1.165, 1.54) is 11.1 Å². The van der Waals surface area contributed by atoms with Gasteiger partial charge in [-0.2, -0.15) is 0 Å². The third kappa shape index (κ3) is 2.31. The monoisotopic (exact) mass is 227 g/mol. The molecule has 0 N–H and O–H groups in total. The summed E-state index contributed by atoms with van der Waals surface area (Å²) in [6.07, 6.45) is 1.98. The van der Waals surface area contributed by atoms with Gasteiger partial charge in [0.15, 0.2) is 5.78 Å². The van der Waals surface area contributed by atoms with Crippen molar-refractivity contribution in [3.63, 3.8) is 0 Å². The van der Waals surface area contributed by atoms with Gasteiger partial charge in [-0.1, -0.05) is 24.3 Å². The molecule has 0 fully saturated rings. The summed E-state index contributed by atoms with van der Waals surface area (Å²) < 4.78 is 2.12. The number of carbonyl (C=O) groups excluding carboxylic acids is 1. The van der Waals surface area contributed by atoms with E-state index >= 15 is 0 Å². The van der Waals surface area contributed by atoms with Crippen molar-refractivity contribution in [3.05, 3.63) is 58.9 Å². The molecule has 0 aliphatic heterocycles. The first-order chi connectivity index (χ1) is 8.09. The summed E-state index contributed by atoms with van der Waals surface area (Å²) in [6.45, 7) is 6.54. The number of carbonyl (C=O) groups is 1. The van der Waals surface area contributed by atoms with Crippen molar-refractivity contribution in [1.82, 2.24) is 4.57 Å². The molecule has 0 unspecified atom stereocenters. The molecule has 1 aromatic heterocycles. The summed E-state index contributed by atoms with van der Waals surface area (Å²) in [7, 11) is 0. The molecule has 1 heterocycles. The Hall–Kier alpha value is -1.83. The standard InChI is InChI=1S/C15H17NO/c1-11-6-4-5-7-14(11)10-16-9-8-15(12(16)2)13(3)17/h4-9H,10H2,1-3H3. The fourth-order valence-corrected chi connectivity index (χ4v) is 2.07. The molecule has 88 valence electrons. The molecule has 0 amide bonds. The zero-order chi connectivity index (χ0) is 12.4. The van der Waals surface area contributed by atoms with E-state index in [0.717, 1.165) is 17.8 Å². The number of aryl methyl sites for hydroxylation is 1. The average molecular weight is 227 g/mol. The van der Waals surface area contributed by atoms with Gasteiger partial charge in [0.25, 0.3) is 0 Å². The van der Waals surface area contributed by atoms with Crippen molar-refractivity contribution in [1.29, 1.82) is 0 Å². The molecule has 0 aliphatic rings. The topological polar surface area (TPSA) is 22.0 Å². The lowest BCUT2D eigenvalue weighted by Crippen LogP contribution is -2.04. The molecule has 2 aromatic rings. The molecule has 1 aromatic carbocycles. The Labute approximate surface area is 102 Å². The zero-order valence-corrected chi connectivity index (χ0v) is 10.5. The van der Waals surface area contributed by atoms with Crippen LogP contribution in [0.1, 0.15) is 34.1 Å². The van der Waals surface area contributed by atoms with Crippen molar-refractivity contribution >= 4 is 5.78 Å². The molecule has 17 heavy (non-hydrogen) atoms. The Kier molecular flexibility index (Phi) is 3.14. The lowest BCUT2D eigenvalue weighted by Gasteiger charge is -2.09. The van der Waals surface area contributed by atoms with Crippen LogP contribution in [0.15, 0.2) is 36.5 Å². The zero-order valence-electron chi connectivity index (χ0n) is 10.5. The van der Waals surface area contributed by atoms with Gasteiger partial charge in [0.1, 0.15) is 0 Å². The molecule has 0 saturated carbocycles. The normalized spacial score (nSPS) is 10.5. The van der Waals surface area contributed by atoms with Crippen molar-refractivity contribution in [2.75, 3.05) is 0 Å². The maximum atomic E-state index is 11.4. The molecular weight excluding hydrogens is 210 g/mol. The molecule has 0 bridgehead atoms. The van der Waals surface area contributed by atoms with Gasteiger partial charge in [-0.25, -0.2) is 0 Å². The molecule has 2 heteroatoms. The third-order valence-electron chi connectivity index (χ3n) is 3.22. The molecule has 0 aliphatic carbocycles. The van der Waals surface area contributed by atoms with Gasteiger partial charge in [0, 0.05) is 24.0 Å². The van der Waals surface area contributed by atoms with E-state index < -0.39 is 0 Å². The van der Waals surface area contributed by atoms with Gasteiger partial charge in [-0.05, 0) is 38.0 Å². The minimum absolute atomic E-state index is 0.131. The largest absolute Gasteiger partial charge is 0.347 e. The van der Waals surface area contributed by atoms with E-state index in [2.05, 4.69) is 23.6 Å². The summed E-state index contributed by atoms with van der Waals surface area (Å²) in [5.41, 5.74) is 4.44. The summed E-state index contributed by atoms with van der Waals surface area (Å²) in [4.78, 5) is 11.4. The van der Waals surface area contributed by atoms with Crippen LogP contribution in [0.5, 0.6) is 0 Å². The second-order valence-electron chi connectivity index (χ2n) is 4.43. The molecule has 0 saturated heterocycles. The summed E-state index contributed by atoms with van der Waals surface area (Å²) in [6, 6.07) is 10.2. The predicted molar refractivity (Wildman–Crippen MR) is 69.5 cm³/mol. The summed E-state index contributed by atoms with van der Waals surface area (Å²) >= 11 is 0. The summed E-state index contributed by atoms with van der Waals surface area (Å²) in [5, 5.41) is 0. The average Bonchev–Trinajstić information content (AvgIpc) is 2.64. The van der Waals surface area contributed by atoms with Crippen LogP contribution < -0.4 is 0 Å². The minimum atomic E-state index is 0.131. The van der Waals surface area contributed by atoms with Crippen LogP contribution in [0.4, 0.5) is 0 Å². The first-order valence-corrected chi connectivity index (χ1v) is 5.81. The van der Waals surface area contributed by atoms with Crippen LogP contribution in [0.2, 0.25) is 0 Å². The highest BCUT2D eigenvalue weighted by Crippen LogP contribution is 2.15. The van der Waals surface area contributed by atoms with E-state index in [9.17, 15) is 4.79 Å². The van der Waals surface area contributed by atoms with E-state index in [-0.39, 0.29) is 5.78 Å². The lowest BCUT2D eigenvalue weighted by atomic mass is 10.1. The SMILES string of the molecule is CC(=O)c1ccn(Cc2ccccc2C)c1C. The number of nitrogens with zero attached hydrogens (tertiary/aromatic N) is 1. The van der Waals surface area contributed by atoms with Crippen molar-refractivity contribution < 1.29 is 4.79 Å². The van der Waals surface area contributed by atoms with Crippen molar-refractivity contribution in [2.45, 2.75) is 27.3 Å². The van der Waals surface area contributed by atoms with Gasteiger partial charge in [0.05, 0.1) is 0 Å². The molecule has 0 radical (unpaired) electrons. The number of Topliss-reactive ketones (excluding diaryl/α,β-unsaturated/α-hetero) is 1. The molecule has 0 atom stereocenters.